The van der Waals surface area contributed by atoms with E-state index in [9.17, 15) is 0 Å². The van der Waals surface area contributed by atoms with Gasteiger partial charge in [-0.15, -0.1) is 12.1 Å². The molecule has 0 bridgehead atoms. The molecule has 66 valence electrons. The molecule has 0 amide bonds. The van der Waals surface area contributed by atoms with Gasteiger partial charge in [0.05, 0.1) is 0 Å². The van der Waals surface area contributed by atoms with Gasteiger partial charge < -0.3 is 0 Å². The Kier molecular flexibility index (Phi) is 3.73. The molecule has 13 heavy (non-hydrogen) atoms. The van der Waals surface area contributed by atoms with Crippen molar-refractivity contribution >= 4 is 0 Å². The van der Waals surface area contributed by atoms with Crippen molar-refractivity contribution in [1.29, 1.82) is 0 Å². The van der Waals surface area contributed by atoms with Crippen LogP contribution < -0.4 is 0 Å². The van der Waals surface area contributed by atoms with Gasteiger partial charge in [0.1, 0.15) is 0 Å². The molecule has 0 heterocycles. The Balaban J connectivity index is 0.000000845. The standard InChI is InChI=1S/C12H8.Ni/c1-3-7-11(8-4-1)12-9-5-2-6-10-12;/h1-7,9H;/q-2;+2. The molecule has 0 saturated heterocycles. The van der Waals surface area contributed by atoms with Crippen LogP contribution in [0.5, 0.6) is 0 Å². The third-order valence-electron chi connectivity index (χ3n) is 1.71. The molecule has 0 unspecified atom stereocenters. The molecule has 2 aromatic rings. The maximum Gasteiger partial charge on any atom is 2.00 e. The summed E-state index contributed by atoms with van der Waals surface area (Å²) < 4.78 is 0. The molecule has 0 N–H and O–H groups in total. The Morgan fingerprint density at radius 3 is 1.46 bits per heavy atom. The minimum absolute atomic E-state index is 0. The van der Waals surface area contributed by atoms with E-state index in [0.29, 0.717) is 0 Å². The maximum atomic E-state index is 3.15. The van der Waals surface area contributed by atoms with E-state index in [1.165, 1.54) is 0 Å². The van der Waals surface area contributed by atoms with Crippen LogP contribution in [-0.2, 0) is 16.5 Å². The Labute approximate surface area is 88.5 Å². The zero-order valence-corrected chi connectivity index (χ0v) is 7.92. The van der Waals surface area contributed by atoms with E-state index in [1.807, 2.05) is 48.5 Å². The molecule has 0 fully saturated rings. The molecule has 2 rings (SSSR count). The summed E-state index contributed by atoms with van der Waals surface area (Å²) in [7, 11) is 0. The Morgan fingerprint density at radius 1 is 0.692 bits per heavy atom. The van der Waals surface area contributed by atoms with Gasteiger partial charge in [0.2, 0.25) is 0 Å². The average molecular weight is 211 g/mol. The minimum Gasteiger partial charge on any atom is -0.226 e. The van der Waals surface area contributed by atoms with E-state index in [0.717, 1.165) is 11.1 Å². The molecule has 0 saturated carbocycles. The second-order valence-corrected chi connectivity index (χ2v) is 2.55. The van der Waals surface area contributed by atoms with Gasteiger partial charge in [-0.3, -0.25) is 0 Å². The monoisotopic (exact) mass is 210 g/mol. The van der Waals surface area contributed by atoms with Crippen molar-refractivity contribution in [2.24, 2.45) is 0 Å². The molecule has 0 aliphatic carbocycles. The van der Waals surface area contributed by atoms with Crippen molar-refractivity contribution in [3.63, 3.8) is 0 Å². The normalized spacial score (nSPS) is 8.92. The second-order valence-electron chi connectivity index (χ2n) is 2.55. The van der Waals surface area contributed by atoms with Crippen molar-refractivity contribution in [1.82, 2.24) is 0 Å². The summed E-state index contributed by atoms with van der Waals surface area (Å²) in [6, 6.07) is 22.1. The molecule has 0 atom stereocenters. The second kappa shape index (κ2) is 4.84. The third-order valence-corrected chi connectivity index (χ3v) is 1.71. The van der Waals surface area contributed by atoms with E-state index in [2.05, 4.69) is 12.1 Å². The predicted octanol–water partition coefficient (Wildman–Crippen LogP) is 2.95. The Hall–Kier alpha value is -1.07. The van der Waals surface area contributed by atoms with Crippen molar-refractivity contribution < 1.29 is 16.5 Å². The van der Waals surface area contributed by atoms with Crippen LogP contribution >= 0.6 is 0 Å². The van der Waals surface area contributed by atoms with Crippen LogP contribution in [0, 0.1) is 12.1 Å². The largest absolute Gasteiger partial charge is 2.00 e. The third kappa shape index (κ3) is 2.43. The summed E-state index contributed by atoms with van der Waals surface area (Å²) in [5.41, 5.74) is 2.19. The first kappa shape index (κ1) is 10.0. The smallest absolute Gasteiger partial charge is 0.226 e. The van der Waals surface area contributed by atoms with E-state index < -0.39 is 0 Å². The fraction of sp³-hybridized carbons (Fsp3) is 0. The zero-order valence-electron chi connectivity index (χ0n) is 6.94. The first-order valence-corrected chi connectivity index (χ1v) is 3.90. The van der Waals surface area contributed by atoms with Gasteiger partial charge in [0, 0.05) is 0 Å². The summed E-state index contributed by atoms with van der Waals surface area (Å²) in [6.07, 6.45) is 0. The summed E-state index contributed by atoms with van der Waals surface area (Å²) >= 11 is 0. The van der Waals surface area contributed by atoms with Gasteiger partial charge >= 0.3 is 16.5 Å². The number of benzene rings is 2. The topological polar surface area (TPSA) is 0 Å². The van der Waals surface area contributed by atoms with Crippen molar-refractivity contribution in [3.05, 3.63) is 60.7 Å². The van der Waals surface area contributed by atoms with E-state index in [-0.39, 0.29) is 16.5 Å². The molecule has 1 heteroatoms. The summed E-state index contributed by atoms with van der Waals surface area (Å²) in [4.78, 5) is 0. The van der Waals surface area contributed by atoms with Crippen molar-refractivity contribution in [3.8, 4) is 11.1 Å². The van der Waals surface area contributed by atoms with E-state index in [1.54, 1.807) is 0 Å². The van der Waals surface area contributed by atoms with Crippen LogP contribution in [0.2, 0.25) is 0 Å². The van der Waals surface area contributed by atoms with Crippen molar-refractivity contribution in [2.75, 3.05) is 0 Å². The van der Waals surface area contributed by atoms with E-state index >= 15 is 0 Å². The number of hydrogen-bond donors (Lipinski definition) is 0. The van der Waals surface area contributed by atoms with Crippen LogP contribution in [0.15, 0.2) is 48.5 Å². The first-order valence-electron chi connectivity index (χ1n) is 3.90. The predicted molar refractivity (Wildman–Crippen MR) is 49.6 cm³/mol. The van der Waals surface area contributed by atoms with Gasteiger partial charge in [-0.05, 0) is 0 Å². The molecular weight excluding hydrogens is 203 g/mol. The Bertz CT molecular complexity index is 303. The van der Waals surface area contributed by atoms with Crippen LogP contribution in [0.25, 0.3) is 11.1 Å². The van der Waals surface area contributed by atoms with E-state index in [4.69, 9.17) is 0 Å². The van der Waals surface area contributed by atoms with Crippen LogP contribution in [0.1, 0.15) is 0 Å². The molecule has 2 aromatic carbocycles. The molecular formula is C12H8Ni. The van der Waals surface area contributed by atoms with Gasteiger partial charge in [0.25, 0.3) is 0 Å². The molecule has 0 nitrogen and oxygen atoms in total. The quantitative estimate of drug-likeness (QED) is 0.502. The fourth-order valence-electron chi connectivity index (χ4n) is 1.12. The summed E-state index contributed by atoms with van der Waals surface area (Å²) in [5.74, 6) is 0. The number of rotatable bonds is 1. The summed E-state index contributed by atoms with van der Waals surface area (Å²) in [5, 5.41) is 0. The van der Waals surface area contributed by atoms with Gasteiger partial charge in [0.15, 0.2) is 0 Å². The average Bonchev–Trinajstić information content (AvgIpc) is 2.21. The van der Waals surface area contributed by atoms with Crippen LogP contribution in [0.4, 0.5) is 0 Å². The van der Waals surface area contributed by atoms with Gasteiger partial charge in [-0.2, -0.15) is 48.5 Å². The molecule has 0 aliphatic rings. The van der Waals surface area contributed by atoms with Crippen LogP contribution in [-0.4, -0.2) is 0 Å². The van der Waals surface area contributed by atoms with Gasteiger partial charge in [-0.1, -0.05) is 0 Å². The summed E-state index contributed by atoms with van der Waals surface area (Å²) in [6.45, 7) is 0. The molecule has 0 aromatic heterocycles. The number of hydrogen-bond acceptors (Lipinski definition) is 0. The Morgan fingerprint density at radius 2 is 1.15 bits per heavy atom. The first-order chi connectivity index (χ1) is 5.97. The molecule has 0 aliphatic heterocycles. The molecule has 0 radical (unpaired) electrons. The van der Waals surface area contributed by atoms with Gasteiger partial charge in [-0.25, -0.2) is 11.1 Å². The fourth-order valence-corrected chi connectivity index (χ4v) is 1.12. The van der Waals surface area contributed by atoms with Crippen LogP contribution in [0.3, 0.4) is 0 Å². The maximum absolute atomic E-state index is 3.15. The van der Waals surface area contributed by atoms with Crippen molar-refractivity contribution in [2.45, 2.75) is 0 Å². The zero-order chi connectivity index (χ0) is 8.23. The minimum atomic E-state index is 0. The molecule has 0 spiro atoms. The SMILES string of the molecule is [Ni+2].[c-]1ccccc1-c1[c-]cccc1.